The standard InChI is InChI=1S/C13H16ClFN4O/c1-3-19-13(11(20-2)7-17-19)12(18-16)8-4-5-10(15)9(14)6-8/h4-7,12,18H,3,16H2,1-2H3. The summed E-state index contributed by atoms with van der Waals surface area (Å²) in [6.45, 7) is 2.62. The summed E-state index contributed by atoms with van der Waals surface area (Å²) in [6, 6.07) is 4.07. The molecule has 1 heterocycles. The van der Waals surface area contributed by atoms with Crippen LogP contribution in [0, 0.1) is 5.82 Å². The number of nitrogens with two attached hydrogens (primary N) is 1. The van der Waals surface area contributed by atoms with Gasteiger partial charge in [-0.05, 0) is 24.6 Å². The predicted octanol–water partition coefficient (Wildman–Crippen LogP) is 2.26. The minimum atomic E-state index is -0.470. The topological polar surface area (TPSA) is 65.1 Å². The Labute approximate surface area is 121 Å². The second-order valence-electron chi connectivity index (χ2n) is 4.19. The molecule has 0 amide bonds. The Morgan fingerprint density at radius 3 is 2.85 bits per heavy atom. The van der Waals surface area contributed by atoms with Crippen molar-refractivity contribution in [3.05, 3.63) is 46.5 Å². The van der Waals surface area contributed by atoms with Crippen LogP contribution in [0.4, 0.5) is 4.39 Å². The molecule has 0 aliphatic heterocycles. The first kappa shape index (κ1) is 14.8. The van der Waals surface area contributed by atoms with Crippen molar-refractivity contribution in [2.75, 3.05) is 7.11 Å². The molecule has 2 rings (SSSR count). The van der Waals surface area contributed by atoms with Crippen molar-refractivity contribution in [3.63, 3.8) is 0 Å². The van der Waals surface area contributed by atoms with Gasteiger partial charge in [0, 0.05) is 6.54 Å². The van der Waals surface area contributed by atoms with E-state index < -0.39 is 11.9 Å². The first-order valence-corrected chi connectivity index (χ1v) is 6.50. The van der Waals surface area contributed by atoms with E-state index in [4.69, 9.17) is 22.2 Å². The molecule has 0 aliphatic rings. The molecule has 0 spiro atoms. The number of ether oxygens (including phenoxy) is 1. The minimum Gasteiger partial charge on any atom is -0.493 e. The number of hydrazine groups is 1. The Morgan fingerprint density at radius 1 is 1.55 bits per heavy atom. The number of hydrogen-bond acceptors (Lipinski definition) is 4. The first-order valence-electron chi connectivity index (χ1n) is 6.13. The van der Waals surface area contributed by atoms with Crippen LogP contribution in [0.25, 0.3) is 0 Å². The van der Waals surface area contributed by atoms with Gasteiger partial charge in [0.25, 0.3) is 0 Å². The van der Waals surface area contributed by atoms with Gasteiger partial charge in [-0.1, -0.05) is 17.7 Å². The lowest BCUT2D eigenvalue weighted by Crippen LogP contribution is -2.31. The van der Waals surface area contributed by atoms with Gasteiger partial charge in [-0.15, -0.1) is 0 Å². The van der Waals surface area contributed by atoms with Crippen molar-refractivity contribution in [2.45, 2.75) is 19.5 Å². The number of methoxy groups -OCH3 is 1. The van der Waals surface area contributed by atoms with E-state index in [0.717, 1.165) is 11.3 Å². The molecule has 5 nitrogen and oxygen atoms in total. The van der Waals surface area contributed by atoms with Gasteiger partial charge in [-0.3, -0.25) is 10.5 Å². The summed E-state index contributed by atoms with van der Waals surface area (Å²) in [7, 11) is 1.56. The largest absolute Gasteiger partial charge is 0.493 e. The lowest BCUT2D eigenvalue weighted by Gasteiger charge is -2.19. The molecule has 1 aromatic heterocycles. The second kappa shape index (κ2) is 6.21. The number of halogens is 2. The molecule has 3 N–H and O–H groups in total. The third kappa shape index (κ3) is 2.63. The molecule has 0 saturated heterocycles. The molecular formula is C13H16ClFN4O. The lowest BCUT2D eigenvalue weighted by atomic mass is 10.0. The van der Waals surface area contributed by atoms with E-state index in [1.54, 1.807) is 24.1 Å². The van der Waals surface area contributed by atoms with E-state index in [1.807, 2.05) is 6.92 Å². The van der Waals surface area contributed by atoms with Crippen LogP contribution in [0.1, 0.15) is 24.2 Å². The third-order valence-corrected chi connectivity index (χ3v) is 3.37. The van der Waals surface area contributed by atoms with Gasteiger partial charge in [-0.2, -0.15) is 5.10 Å². The quantitative estimate of drug-likeness (QED) is 0.656. The average Bonchev–Trinajstić information content (AvgIpc) is 2.86. The molecule has 7 heteroatoms. The van der Waals surface area contributed by atoms with Gasteiger partial charge >= 0.3 is 0 Å². The van der Waals surface area contributed by atoms with Gasteiger partial charge in [0.05, 0.1) is 24.4 Å². The highest BCUT2D eigenvalue weighted by molar-refractivity contribution is 6.30. The molecule has 2 aromatic rings. The van der Waals surface area contributed by atoms with Crippen LogP contribution in [0.3, 0.4) is 0 Å². The fourth-order valence-corrected chi connectivity index (χ4v) is 2.29. The maximum Gasteiger partial charge on any atom is 0.161 e. The van der Waals surface area contributed by atoms with E-state index in [0.29, 0.717) is 12.3 Å². The number of aryl methyl sites for hydroxylation is 1. The lowest BCUT2D eigenvalue weighted by molar-refractivity contribution is 0.399. The van der Waals surface area contributed by atoms with Gasteiger partial charge < -0.3 is 4.74 Å². The Kier molecular flexibility index (Phi) is 4.59. The zero-order chi connectivity index (χ0) is 14.7. The summed E-state index contributed by atoms with van der Waals surface area (Å²) in [5, 5.41) is 4.27. The molecular weight excluding hydrogens is 283 g/mol. The number of hydrogen-bond donors (Lipinski definition) is 2. The molecule has 0 saturated carbocycles. The fourth-order valence-electron chi connectivity index (χ4n) is 2.10. The Bertz CT molecular complexity index is 581. The highest BCUT2D eigenvalue weighted by Gasteiger charge is 2.23. The van der Waals surface area contributed by atoms with Crippen molar-refractivity contribution in [2.24, 2.45) is 5.84 Å². The van der Waals surface area contributed by atoms with Gasteiger partial charge in [0.1, 0.15) is 11.5 Å². The van der Waals surface area contributed by atoms with Crippen LogP contribution in [-0.2, 0) is 6.54 Å². The summed E-state index contributed by atoms with van der Waals surface area (Å²) in [5.41, 5.74) is 4.19. The zero-order valence-electron chi connectivity index (χ0n) is 11.2. The zero-order valence-corrected chi connectivity index (χ0v) is 12.0. The molecule has 1 unspecified atom stereocenters. The van der Waals surface area contributed by atoms with Crippen molar-refractivity contribution in [3.8, 4) is 5.75 Å². The highest BCUT2D eigenvalue weighted by atomic mass is 35.5. The van der Waals surface area contributed by atoms with Crippen LogP contribution in [-0.4, -0.2) is 16.9 Å². The summed E-state index contributed by atoms with van der Waals surface area (Å²) in [4.78, 5) is 0. The van der Waals surface area contributed by atoms with Crippen molar-refractivity contribution in [1.82, 2.24) is 15.2 Å². The maximum atomic E-state index is 13.3. The molecule has 1 aromatic carbocycles. The molecule has 0 bridgehead atoms. The van der Waals surface area contributed by atoms with Crippen LogP contribution in [0.2, 0.25) is 5.02 Å². The van der Waals surface area contributed by atoms with Crippen molar-refractivity contribution < 1.29 is 9.13 Å². The smallest absolute Gasteiger partial charge is 0.161 e. The number of aromatic nitrogens is 2. The predicted molar refractivity (Wildman–Crippen MR) is 75.0 cm³/mol. The van der Waals surface area contributed by atoms with E-state index in [9.17, 15) is 4.39 Å². The van der Waals surface area contributed by atoms with Crippen molar-refractivity contribution >= 4 is 11.6 Å². The maximum absolute atomic E-state index is 13.3. The number of benzene rings is 1. The van der Waals surface area contributed by atoms with Gasteiger partial charge in [-0.25, -0.2) is 9.82 Å². The van der Waals surface area contributed by atoms with Crippen LogP contribution in [0.5, 0.6) is 5.75 Å². The Balaban J connectivity index is 2.51. The summed E-state index contributed by atoms with van der Waals surface area (Å²) >= 11 is 5.83. The molecule has 0 fully saturated rings. The monoisotopic (exact) mass is 298 g/mol. The fraction of sp³-hybridized carbons (Fsp3) is 0.308. The highest BCUT2D eigenvalue weighted by Crippen LogP contribution is 2.31. The van der Waals surface area contributed by atoms with Crippen LogP contribution >= 0.6 is 11.6 Å². The SMILES string of the molecule is CCn1ncc(OC)c1C(NN)c1ccc(F)c(Cl)c1. The van der Waals surface area contributed by atoms with Crippen LogP contribution < -0.4 is 16.0 Å². The van der Waals surface area contributed by atoms with E-state index in [2.05, 4.69) is 10.5 Å². The molecule has 0 radical (unpaired) electrons. The van der Waals surface area contributed by atoms with Crippen LogP contribution in [0.15, 0.2) is 24.4 Å². The van der Waals surface area contributed by atoms with E-state index in [-0.39, 0.29) is 5.02 Å². The molecule has 20 heavy (non-hydrogen) atoms. The Hall–Kier alpha value is -1.63. The average molecular weight is 299 g/mol. The molecule has 108 valence electrons. The van der Waals surface area contributed by atoms with E-state index >= 15 is 0 Å². The van der Waals surface area contributed by atoms with E-state index in [1.165, 1.54) is 12.1 Å². The summed E-state index contributed by atoms with van der Waals surface area (Å²) < 4.78 is 20.3. The third-order valence-electron chi connectivity index (χ3n) is 3.08. The van der Waals surface area contributed by atoms with Gasteiger partial charge in [0.15, 0.2) is 5.75 Å². The number of nitrogens with one attached hydrogen (secondary N) is 1. The second-order valence-corrected chi connectivity index (χ2v) is 4.59. The van der Waals surface area contributed by atoms with Crippen molar-refractivity contribution in [1.29, 1.82) is 0 Å². The summed E-state index contributed by atoms with van der Waals surface area (Å²) in [6.07, 6.45) is 1.62. The van der Waals surface area contributed by atoms with Gasteiger partial charge in [0.2, 0.25) is 0 Å². The molecule has 0 aliphatic carbocycles. The Morgan fingerprint density at radius 2 is 2.30 bits per heavy atom. The minimum absolute atomic E-state index is 0.0456. The normalized spacial score (nSPS) is 12.4. The number of rotatable bonds is 5. The first-order chi connectivity index (χ1) is 9.62. The number of nitrogens with zero attached hydrogens (tertiary/aromatic N) is 2. The molecule has 1 atom stereocenters. The summed E-state index contributed by atoms with van der Waals surface area (Å²) in [5.74, 6) is 5.78.